The van der Waals surface area contributed by atoms with Gasteiger partial charge in [0.05, 0.1) is 26.4 Å². The fraction of sp³-hybridized carbons (Fsp3) is 0.533. The molecule has 0 aromatic heterocycles. The molecular formula is C15H20O5. The Bertz CT molecular complexity index is 412. The van der Waals surface area contributed by atoms with Crippen LogP contribution >= 0.6 is 0 Å². The van der Waals surface area contributed by atoms with E-state index >= 15 is 0 Å². The van der Waals surface area contributed by atoms with Crippen molar-refractivity contribution in [1.82, 2.24) is 0 Å². The number of carbonyl (C=O) groups excluding carboxylic acids is 1. The molecule has 110 valence electrons. The summed E-state index contributed by atoms with van der Waals surface area (Å²) in [6.07, 6.45) is 0.0512. The Hall–Kier alpha value is -1.43. The molecule has 1 aromatic carbocycles. The summed E-state index contributed by atoms with van der Waals surface area (Å²) in [5.41, 5.74) is 1.07. The first-order chi connectivity index (χ1) is 9.74. The van der Waals surface area contributed by atoms with E-state index in [1.807, 2.05) is 30.3 Å². The summed E-state index contributed by atoms with van der Waals surface area (Å²) in [5.74, 6) is -1.33. The van der Waals surface area contributed by atoms with Crippen molar-refractivity contribution >= 4 is 5.97 Å². The minimum atomic E-state index is -0.999. The molecule has 1 aliphatic heterocycles. The van der Waals surface area contributed by atoms with Gasteiger partial charge in [-0.25, -0.2) is 0 Å². The summed E-state index contributed by atoms with van der Waals surface area (Å²) >= 11 is 0. The largest absolute Gasteiger partial charge is 0.466 e. The quantitative estimate of drug-likeness (QED) is 0.714. The minimum Gasteiger partial charge on any atom is -0.466 e. The van der Waals surface area contributed by atoms with Crippen molar-refractivity contribution < 1.29 is 23.7 Å². The van der Waals surface area contributed by atoms with Crippen molar-refractivity contribution in [2.75, 3.05) is 26.4 Å². The summed E-state index contributed by atoms with van der Waals surface area (Å²) in [6, 6.07) is 9.82. The van der Waals surface area contributed by atoms with Gasteiger partial charge in [-0.3, -0.25) is 4.79 Å². The van der Waals surface area contributed by atoms with Gasteiger partial charge in [-0.15, -0.1) is 0 Å². The van der Waals surface area contributed by atoms with Gasteiger partial charge in [-0.1, -0.05) is 30.3 Å². The van der Waals surface area contributed by atoms with Crippen molar-refractivity contribution in [3.8, 4) is 0 Å². The van der Waals surface area contributed by atoms with Gasteiger partial charge >= 0.3 is 5.97 Å². The van der Waals surface area contributed by atoms with Gasteiger partial charge in [-0.05, 0) is 12.5 Å². The molecule has 0 amide bonds. The number of benzene rings is 1. The van der Waals surface area contributed by atoms with Gasteiger partial charge < -0.3 is 18.9 Å². The third-order valence-corrected chi connectivity index (χ3v) is 2.97. The lowest BCUT2D eigenvalue weighted by molar-refractivity contribution is -0.207. The Morgan fingerprint density at radius 2 is 1.95 bits per heavy atom. The lowest BCUT2D eigenvalue weighted by Gasteiger charge is -2.26. The maximum atomic E-state index is 11.6. The molecule has 0 unspecified atom stereocenters. The van der Waals surface area contributed by atoms with Gasteiger partial charge in [-0.2, -0.15) is 0 Å². The summed E-state index contributed by atoms with van der Waals surface area (Å²) in [4.78, 5) is 11.6. The third-order valence-electron chi connectivity index (χ3n) is 2.97. The first-order valence-electron chi connectivity index (χ1n) is 6.79. The number of carbonyl (C=O) groups is 1. The highest BCUT2D eigenvalue weighted by Crippen LogP contribution is 2.25. The van der Waals surface area contributed by atoms with Gasteiger partial charge in [0.2, 0.25) is 5.79 Å². The van der Waals surface area contributed by atoms with Crippen LogP contribution in [0.15, 0.2) is 30.3 Å². The number of hydrogen-bond donors (Lipinski definition) is 0. The molecule has 0 radical (unpaired) electrons. The molecule has 0 spiro atoms. The highest BCUT2D eigenvalue weighted by molar-refractivity contribution is 5.70. The zero-order valence-electron chi connectivity index (χ0n) is 11.7. The van der Waals surface area contributed by atoms with Crippen LogP contribution in [0.25, 0.3) is 0 Å². The molecule has 1 aliphatic rings. The Balaban J connectivity index is 1.84. The van der Waals surface area contributed by atoms with E-state index in [1.54, 1.807) is 6.92 Å². The van der Waals surface area contributed by atoms with Crippen LogP contribution in [0.3, 0.4) is 0 Å². The third kappa shape index (κ3) is 4.30. The number of ether oxygens (including phenoxy) is 4. The molecule has 0 saturated carbocycles. The second-order valence-electron chi connectivity index (χ2n) is 4.57. The van der Waals surface area contributed by atoms with E-state index in [1.165, 1.54) is 0 Å². The van der Waals surface area contributed by atoms with Crippen LogP contribution in [-0.2, 0) is 30.3 Å². The van der Waals surface area contributed by atoms with E-state index < -0.39 is 5.79 Å². The molecule has 0 bridgehead atoms. The first kappa shape index (κ1) is 15.0. The van der Waals surface area contributed by atoms with Gasteiger partial charge in [0, 0.05) is 0 Å². The number of rotatable bonds is 7. The lowest BCUT2D eigenvalue weighted by Crippen LogP contribution is -2.39. The Labute approximate surface area is 118 Å². The fourth-order valence-corrected chi connectivity index (χ4v) is 2.06. The van der Waals surface area contributed by atoms with E-state index in [0.29, 0.717) is 26.4 Å². The van der Waals surface area contributed by atoms with Crippen molar-refractivity contribution in [2.45, 2.75) is 25.7 Å². The van der Waals surface area contributed by atoms with Crippen LogP contribution < -0.4 is 0 Å². The molecule has 1 heterocycles. The predicted molar refractivity (Wildman–Crippen MR) is 72.0 cm³/mol. The smallest absolute Gasteiger partial charge is 0.311 e. The Kier molecular flexibility index (Phi) is 5.52. The van der Waals surface area contributed by atoms with E-state index in [2.05, 4.69) is 0 Å². The lowest BCUT2D eigenvalue weighted by atomic mass is 10.2. The molecule has 2 rings (SSSR count). The maximum Gasteiger partial charge on any atom is 0.311 e. The average Bonchev–Trinajstić information content (AvgIpc) is 2.89. The molecular weight excluding hydrogens is 260 g/mol. The van der Waals surface area contributed by atoms with Gasteiger partial charge in [0.15, 0.2) is 0 Å². The normalized spacial score (nSPS) is 17.1. The average molecular weight is 280 g/mol. The number of esters is 1. The zero-order valence-corrected chi connectivity index (χ0v) is 11.7. The second-order valence-corrected chi connectivity index (χ2v) is 4.57. The van der Waals surface area contributed by atoms with Crippen molar-refractivity contribution in [3.63, 3.8) is 0 Å². The van der Waals surface area contributed by atoms with Gasteiger partial charge in [0.25, 0.3) is 0 Å². The first-order valence-corrected chi connectivity index (χ1v) is 6.79. The Morgan fingerprint density at radius 1 is 1.25 bits per heavy atom. The van der Waals surface area contributed by atoms with E-state index in [-0.39, 0.29) is 19.0 Å². The van der Waals surface area contributed by atoms with Gasteiger partial charge in [0.1, 0.15) is 13.0 Å². The molecule has 20 heavy (non-hydrogen) atoms. The van der Waals surface area contributed by atoms with Crippen molar-refractivity contribution in [2.24, 2.45) is 0 Å². The van der Waals surface area contributed by atoms with E-state index in [0.717, 1.165) is 5.56 Å². The molecule has 5 nitrogen and oxygen atoms in total. The summed E-state index contributed by atoms with van der Waals surface area (Å²) in [7, 11) is 0. The Morgan fingerprint density at radius 3 is 2.60 bits per heavy atom. The number of hydrogen-bond acceptors (Lipinski definition) is 5. The zero-order chi connectivity index (χ0) is 14.3. The standard InChI is InChI=1S/C15H20O5/c1-2-18-14(16)10-15(19-8-9-20-15)12-17-11-13-6-4-3-5-7-13/h3-7H,2,8-12H2,1H3. The summed E-state index contributed by atoms with van der Waals surface area (Å²) < 4.78 is 21.7. The SMILES string of the molecule is CCOC(=O)CC1(COCc2ccccc2)OCCO1. The topological polar surface area (TPSA) is 54.0 Å². The molecule has 1 fully saturated rings. The summed E-state index contributed by atoms with van der Waals surface area (Å²) in [6.45, 7) is 3.72. The predicted octanol–water partition coefficient (Wildman–Crippen LogP) is 1.90. The second kappa shape index (κ2) is 7.38. The highest BCUT2D eigenvalue weighted by atomic mass is 16.8. The van der Waals surface area contributed by atoms with Crippen LogP contribution in [0.1, 0.15) is 18.9 Å². The maximum absolute atomic E-state index is 11.6. The molecule has 5 heteroatoms. The molecule has 0 aliphatic carbocycles. The monoisotopic (exact) mass is 280 g/mol. The van der Waals surface area contributed by atoms with Crippen LogP contribution in [-0.4, -0.2) is 38.2 Å². The van der Waals surface area contributed by atoms with Crippen LogP contribution in [0, 0.1) is 0 Å². The summed E-state index contributed by atoms with van der Waals surface area (Å²) in [5, 5.41) is 0. The minimum absolute atomic E-state index is 0.0512. The highest BCUT2D eigenvalue weighted by Gasteiger charge is 2.40. The van der Waals surface area contributed by atoms with Crippen LogP contribution in [0.2, 0.25) is 0 Å². The van der Waals surface area contributed by atoms with E-state index in [4.69, 9.17) is 18.9 Å². The van der Waals surface area contributed by atoms with Crippen LogP contribution in [0.5, 0.6) is 0 Å². The molecule has 0 atom stereocenters. The molecule has 1 aromatic rings. The molecule has 0 N–H and O–H groups in total. The fourth-order valence-electron chi connectivity index (χ4n) is 2.06. The molecule has 1 saturated heterocycles. The van der Waals surface area contributed by atoms with E-state index in [9.17, 15) is 4.79 Å². The van der Waals surface area contributed by atoms with Crippen LogP contribution in [0.4, 0.5) is 0 Å². The van der Waals surface area contributed by atoms with Crippen molar-refractivity contribution in [1.29, 1.82) is 0 Å². The van der Waals surface area contributed by atoms with Crippen molar-refractivity contribution in [3.05, 3.63) is 35.9 Å².